The molecule has 0 aromatic heterocycles. The van der Waals surface area contributed by atoms with E-state index in [9.17, 15) is 0 Å². The number of methoxy groups -OCH3 is 1. The van der Waals surface area contributed by atoms with Crippen molar-refractivity contribution >= 4 is 0 Å². The van der Waals surface area contributed by atoms with E-state index >= 15 is 0 Å². The third-order valence-corrected chi connectivity index (χ3v) is 4.15. The van der Waals surface area contributed by atoms with Gasteiger partial charge in [0.25, 0.3) is 0 Å². The lowest BCUT2D eigenvalue weighted by molar-refractivity contribution is 0.0794. The second kappa shape index (κ2) is 9.70. The first-order chi connectivity index (χ1) is 9.21. The number of nitrogens with zero attached hydrogens (tertiary/aromatic N) is 2. The van der Waals surface area contributed by atoms with Crippen molar-refractivity contribution in [1.82, 2.24) is 15.1 Å². The highest BCUT2D eigenvalue weighted by Gasteiger charge is 2.21. The van der Waals surface area contributed by atoms with Crippen LogP contribution >= 0.6 is 0 Å². The average molecular weight is 271 g/mol. The minimum atomic E-state index is 0.472. The first-order valence-corrected chi connectivity index (χ1v) is 7.89. The van der Waals surface area contributed by atoms with Crippen LogP contribution in [0.5, 0.6) is 0 Å². The van der Waals surface area contributed by atoms with E-state index in [0.717, 1.165) is 25.7 Å². The highest BCUT2D eigenvalue weighted by atomic mass is 16.5. The Balaban J connectivity index is 2.29. The number of rotatable bonds is 9. The zero-order valence-corrected chi connectivity index (χ0v) is 13.3. The van der Waals surface area contributed by atoms with Crippen molar-refractivity contribution in [3.05, 3.63) is 0 Å². The predicted molar refractivity (Wildman–Crippen MR) is 81.7 cm³/mol. The van der Waals surface area contributed by atoms with Crippen LogP contribution in [-0.4, -0.2) is 74.9 Å². The number of nitrogens with one attached hydrogen (secondary N) is 1. The molecule has 1 fully saturated rings. The van der Waals surface area contributed by atoms with Crippen molar-refractivity contribution in [2.45, 2.75) is 45.7 Å². The number of hydrogen-bond acceptors (Lipinski definition) is 4. The smallest absolute Gasteiger partial charge is 0.0628 e. The quantitative estimate of drug-likeness (QED) is 0.686. The third-order valence-electron chi connectivity index (χ3n) is 4.15. The van der Waals surface area contributed by atoms with Crippen LogP contribution in [0, 0.1) is 0 Å². The van der Waals surface area contributed by atoms with Crippen LogP contribution in [0.15, 0.2) is 0 Å². The summed E-state index contributed by atoms with van der Waals surface area (Å²) in [6.07, 6.45) is 2.44. The summed E-state index contributed by atoms with van der Waals surface area (Å²) in [5.41, 5.74) is 0. The monoisotopic (exact) mass is 271 g/mol. The Bertz CT molecular complexity index is 217. The van der Waals surface area contributed by atoms with Gasteiger partial charge in [-0.05, 0) is 26.3 Å². The van der Waals surface area contributed by atoms with Crippen LogP contribution < -0.4 is 5.32 Å². The van der Waals surface area contributed by atoms with E-state index in [-0.39, 0.29) is 0 Å². The zero-order chi connectivity index (χ0) is 14.1. The van der Waals surface area contributed by atoms with Crippen molar-refractivity contribution in [1.29, 1.82) is 0 Å². The molecular formula is C15H33N3O. The summed E-state index contributed by atoms with van der Waals surface area (Å²) in [6, 6.07) is 1.20. The van der Waals surface area contributed by atoms with Gasteiger partial charge in [-0.25, -0.2) is 0 Å². The van der Waals surface area contributed by atoms with Gasteiger partial charge in [-0.1, -0.05) is 13.8 Å². The van der Waals surface area contributed by atoms with Crippen molar-refractivity contribution in [2.24, 2.45) is 0 Å². The molecule has 1 saturated heterocycles. The Hall–Kier alpha value is -0.160. The summed E-state index contributed by atoms with van der Waals surface area (Å²) in [5.74, 6) is 0. The van der Waals surface area contributed by atoms with Crippen molar-refractivity contribution < 1.29 is 4.74 Å². The summed E-state index contributed by atoms with van der Waals surface area (Å²) >= 11 is 0. The van der Waals surface area contributed by atoms with Gasteiger partial charge in [0.15, 0.2) is 0 Å². The first kappa shape index (κ1) is 16.9. The Morgan fingerprint density at radius 2 is 1.84 bits per heavy atom. The Labute approximate surface area is 119 Å². The molecule has 2 unspecified atom stereocenters. The zero-order valence-electron chi connectivity index (χ0n) is 13.3. The minimum absolute atomic E-state index is 0.472. The molecular weight excluding hydrogens is 238 g/mol. The van der Waals surface area contributed by atoms with E-state index in [2.05, 4.69) is 35.9 Å². The SMILES string of the molecule is CCCNC(COC)CN1CCN(C(C)CC)CC1. The minimum Gasteiger partial charge on any atom is -0.383 e. The summed E-state index contributed by atoms with van der Waals surface area (Å²) in [6.45, 7) is 14.6. The molecule has 114 valence electrons. The Morgan fingerprint density at radius 3 is 2.37 bits per heavy atom. The van der Waals surface area contributed by atoms with Gasteiger partial charge >= 0.3 is 0 Å². The van der Waals surface area contributed by atoms with Crippen LogP contribution in [0.25, 0.3) is 0 Å². The van der Waals surface area contributed by atoms with E-state index in [1.165, 1.54) is 39.0 Å². The number of hydrogen-bond donors (Lipinski definition) is 1. The van der Waals surface area contributed by atoms with E-state index in [1.54, 1.807) is 7.11 Å². The molecule has 2 atom stereocenters. The van der Waals surface area contributed by atoms with Gasteiger partial charge < -0.3 is 10.1 Å². The fourth-order valence-electron chi connectivity index (χ4n) is 2.68. The molecule has 0 bridgehead atoms. The van der Waals surface area contributed by atoms with E-state index in [1.807, 2.05) is 0 Å². The molecule has 0 radical (unpaired) electrons. The fraction of sp³-hybridized carbons (Fsp3) is 1.00. The van der Waals surface area contributed by atoms with Gasteiger partial charge in [0.1, 0.15) is 0 Å². The van der Waals surface area contributed by atoms with E-state index in [4.69, 9.17) is 4.74 Å². The molecule has 0 aromatic rings. The van der Waals surface area contributed by atoms with E-state index < -0.39 is 0 Å². The fourth-order valence-corrected chi connectivity index (χ4v) is 2.68. The van der Waals surface area contributed by atoms with Crippen molar-refractivity contribution in [3.8, 4) is 0 Å². The molecule has 1 rings (SSSR count). The number of ether oxygens (including phenoxy) is 1. The van der Waals surface area contributed by atoms with Gasteiger partial charge in [-0.15, -0.1) is 0 Å². The second-order valence-electron chi connectivity index (χ2n) is 5.70. The van der Waals surface area contributed by atoms with Crippen molar-refractivity contribution in [2.75, 3.05) is 53.0 Å². The molecule has 1 aliphatic heterocycles. The van der Waals surface area contributed by atoms with Gasteiger partial charge in [-0.3, -0.25) is 9.80 Å². The molecule has 0 spiro atoms. The maximum absolute atomic E-state index is 5.32. The van der Waals surface area contributed by atoms with Crippen LogP contribution in [-0.2, 0) is 4.74 Å². The van der Waals surface area contributed by atoms with E-state index in [0.29, 0.717) is 6.04 Å². The van der Waals surface area contributed by atoms with Gasteiger partial charge in [0.2, 0.25) is 0 Å². The molecule has 0 aromatic carbocycles. The summed E-state index contributed by atoms with van der Waals surface area (Å²) in [4.78, 5) is 5.19. The maximum Gasteiger partial charge on any atom is 0.0628 e. The van der Waals surface area contributed by atoms with Crippen LogP contribution in [0.3, 0.4) is 0 Å². The second-order valence-corrected chi connectivity index (χ2v) is 5.70. The normalized spacial score (nSPS) is 21.5. The number of piperazine rings is 1. The van der Waals surface area contributed by atoms with Gasteiger partial charge in [-0.2, -0.15) is 0 Å². The highest BCUT2D eigenvalue weighted by Crippen LogP contribution is 2.09. The molecule has 0 aliphatic carbocycles. The molecule has 19 heavy (non-hydrogen) atoms. The molecule has 1 aliphatic rings. The molecule has 0 saturated carbocycles. The van der Waals surface area contributed by atoms with Crippen LogP contribution in [0.1, 0.15) is 33.6 Å². The van der Waals surface area contributed by atoms with Crippen molar-refractivity contribution in [3.63, 3.8) is 0 Å². The topological polar surface area (TPSA) is 27.7 Å². The standard InChI is InChI=1S/C15H33N3O/c1-5-7-16-15(13-19-4)12-17-8-10-18(11-9-17)14(3)6-2/h14-16H,5-13H2,1-4H3. The summed E-state index contributed by atoms with van der Waals surface area (Å²) in [5, 5.41) is 3.58. The molecule has 4 nitrogen and oxygen atoms in total. The lowest BCUT2D eigenvalue weighted by atomic mass is 10.1. The molecule has 0 amide bonds. The maximum atomic E-state index is 5.32. The van der Waals surface area contributed by atoms with Gasteiger partial charge in [0, 0.05) is 51.9 Å². The van der Waals surface area contributed by atoms with Gasteiger partial charge in [0.05, 0.1) is 6.61 Å². The average Bonchev–Trinajstić information content (AvgIpc) is 2.45. The predicted octanol–water partition coefficient (Wildman–Crippen LogP) is 1.42. The Morgan fingerprint density at radius 1 is 1.16 bits per heavy atom. The third kappa shape index (κ3) is 6.21. The van der Waals surface area contributed by atoms with Crippen LogP contribution in [0.4, 0.5) is 0 Å². The summed E-state index contributed by atoms with van der Waals surface area (Å²) < 4.78 is 5.32. The highest BCUT2D eigenvalue weighted by molar-refractivity contribution is 4.79. The molecule has 1 heterocycles. The molecule has 4 heteroatoms. The Kier molecular flexibility index (Phi) is 8.62. The van der Waals surface area contributed by atoms with Crippen LogP contribution in [0.2, 0.25) is 0 Å². The molecule has 1 N–H and O–H groups in total. The summed E-state index contributed by atoms with van der Waals surface area (Å²) in [7, 11) is 1.79. The lowest BCUT2D eigenvalue weighted by Gasteiger charge is -2.39. The lowest BCUT2D eigenvalue weighted by Crippen LogP contribution is -2.53. The first-order valence-electron chi connectivity index (χ1n) is 7.89. The largest absolute Gasteiger partial charge is 0.383 e.